The molecule has 0 fully saturated rings. The Bertz CT molecular complexity index is 526. The number of nitrogens with two attached hydrogens (primary N) is 1. The van der Waals surface area contributed by atoms with E-state index < -0.39 is 0 Å². The van der Waals surface area contributed by atoms with Crippen LogP contribution < -0.4 is 5.73 Å². The van der Waals surface area contributed by atoms with Crippen molar-refractivity contribution in [3.8, 4) is 5.75 Å². The van der Waals surface area contributed by atoms with E-state index in [9.17, 15) is 9.59 Å². The molecule has 94 valence electrons. The van der Waals surface area contributed by atoms with Crippen molar-refractivity contribution in [2.24, 2.45) is 0 Å². The first-order valence-corrected chi connectivity index (χ1v) is 5.93. The standard InChI is InChI=1S/C7H9NO.C6H4O2S/c1-5-2-3-7(9)6(8)4-5;7-3-5-1-2-6(4-8)9-5/h2-4,9H,8H2,1H3;1-4H. The molecule has 2 aromatic rings. The van der Waals surface area contributed by atoms with Gasteiger partial charge in [-0.25, -0.2) is 0 Å². The van der Waals surface area contributed by atoms with Crippen LogP contribution in [-0.2, 0) is 0 Å². The van der Waals surface area contributed by atoms with E-state index in [-0.39, 0.29) is 5.75 Å². The first-order chi connectivity index (χ1) is 8.56. The third-order valence-corrected chi connectivity index (χ3v) is 3.00. The van der Waals surface area contributed by atoms with Crippen LogP contribution in [-0.4, -0.2) is 17.7 Å². The molecular weight excluding hydrogens is 250 g/mol. The molecule has 0 atom stereocenters. The summed E-state index contributed by atoms with van der Waals surface area (Å²) in [4.78, 5) is 21.2. The van der Waals surface area contributed by atoms with Gasteiger partial charge >= 0.3 is 0 Å². The number of aldehydes is 2. The zero-order chi connectivity index (χ0) is 13.5. The second-order valence-electron chi connectivity index (χ2n) is 3.54. The summed E-state index contributed by atoms with van der Waals surface area (Å²) in [5, 5.41) is 8.92. The molecule has 0 spiro atoms. The Kier molecular flexibility index (Phi) is 5.07. The number of phenolic OH excluding ortho intramolecular Hbond substituents is 1. The molecular formula is C13H13NO3S. The van der Waals surface area contributed by atoms with Crippen LogP contribution in [0.15, 0.2) is 30.3 Å². The fraction of sp³-hybridized carbons (Fsp3) is 0.0769. The number of thiophene rings is 1. The molecule has 0 amide bonds. The van der Waals surface area contributed by atoms with Gasteiger partial charge < -0.3 is 10.8 Å². The van der Waals surface area contributed by atoms with Crippen LogP contribution in [0, 0.1) is 6.92 Å². The van der Waals surface area contributed by atoms with Crippen molar-refractivity contribution in [1.82, 2.24) is 0 Å². The summed E-state index contributed by atoms with van der Waals surface area (Å²) in [5.74, 6) is 0.153. The van der Waals surface area contributed by atoms with E-state index in [2.05, 4.69) is 0 Å². The van der Waals surface area contributed by atoms with Crippen LogP contribution in [0.1, 0.15) is 24.9 Å². The molecule has 1 aromatic heterocycles. The van der Waals surface area contributed by atoms with Crippen molar-refractivity contribution < 1.29 is 14.7 Å². The first-order valence-electron chi connectivity index (χ1n) is 5.12. The molecule has 18 heavy (non-hydrogen) atoms. The monoisotopic (exact) mass is 263 g/mol. The minimum Gasteiger partial charge on any atom is -0.506 e. The van der Waals surface area contributed by atoms with Crippen LogP contribution in [0.4, 0.5) is 5.69 Å². The summed E-state index contributed by atoms with van der Waals surface area (Å²) in [6.07, 6.45) is 1.47. The molecule has 0 aliphatic carbocycles. The summed E-state index contributed by atoms with van der Waals surface area (Å²) >= 11 is 1.20. The smallest absolute Gasteiger partial charge is 0.160 e. The number of carbonyl (C=O) groups is 2. The fourth-order valence-electron chi connectivity index (χ4n) is 1.17. The first kappa shape index (κ1) is 13.9. The Balaban J connectivity index is 0.000000180. The third kappa shape index (κ3) is 4.03. The third-order valence-electron chi connectivity index (χ3n) is 2.06. The number of phenols is 1. The zero-order valence-electron chi connectivity index (χ0n) is 9.79. The number of benzene rings is 1. The van der Waals surface area contributed by atoms with Gasteiger partial charge in [0.25, 0.3) is 0 Å². The quantitative estimate of drug-likeness (QED) is 0.496. The minimum atomic E-state index is 0.153. The predicted octanol–water partition coefficient (Wildman–Crippen LogP) is 2.66. The zero-order valence-corrected chi connectivity index (χ0v) is 10.6. The van der Waals surface area contributed by atoms with E-state index in [1.165, 1.54) is 11.3 Å². The number of carbonyl (C=O) groups excluding carboxylic acids is 2. The van der Waals surface area contributed by atoms with Gasteiger partial charge in [-0.05, 0) is 36.8 Å². The lowest BCUT2D eigenvalue weighted by Gasteiger charge is -1.97. The number of anilines is 1. The van der Waals surface area contributed by atoms with Gasteiger partial charge in [-0.15, -0.1) is 11.3 Å². The van der Waals surface area contributed by atoms with Gasteiger partial charge in [0.05, 0.1) is 15.4 Å². The average Bonchev–Trinajstić information content (AvgIpc) is 2.83. The highest BCUT2D eigenvalue weighted by Gasteiger charge is 1.94. The Morgan fingerprint density at radius 2 is 1.67 bits per heavy atom. The average molecular weight is 263 g/mol. The van der Waals surface area contributed by atoms with Gasteiger partial charge in [0, 0.05) is 0 Å². The van der Waals surface area contributed by atoms with E-state index in [0.717, 1.165) is 18.1 Å². The van der Waals surface area contributed by atoms with Crippen molar-refractivity contribution in [1.29, 1.82) is 0 Å². The molecule has 0 aliphatic heterocycles. The van der Waals surface area contributed by atoms with E-state index in [1.807, 2.05) is 13.0 Å². The highest BCUT2D eigenvalue weighted by Crippen LogP contribution is 2.19. The van der Waals surface area contributed by atoms with Crippen molar-refractivity contribution in [3.63, 3.8) is 0 Å². The second kappa shape index (κ2) is 6.56. The molecule has 4 nitrogen and oxygen atoms in total. The molecule has 0 radical (unpaired) electrons. The van der Waals surface area contributed by atoms with E-state index in [4.69, 9.17) is 10.8 Å². The van der Waals surface area contributed by atoms with Crippen molar-refractivity contribution >= 4 is 29.6 Å². The largest absolute Gasteiger partial charge is 0.506 e. The normalized spacial score (nSPS) is 9.17. The Hall–Kier alpha value is -2.14. The molecule has 1 heterocycles. The number of rotatable bonds is 2. The van der Waals surface area contributed by atoms with Gasteiger partial charge in [-0.2, -0.15) is 0 Å². The van der Waals surface area contributed by atoms with Crippen LogP contribution in [0.5, 0.6) is 5.75 Å². The number of aryl methyl sites for hydroxylation is 1. The molecule has 0 unspecified atom stereocenters. The Labute approximate surface area is 109 Å². The SMILES string of the molecule is Cc1ccc(O)c(N)c1.O=Cc1ccc(C=O)s1. The van der Waals surface area contributed by atoms with Gasteiger partial charge in [-0.3, -0.25) is 9.59 Å². The fourth-order valence-corrected chi connectivity index (χ4v) is 1.81. The van der Waals surface area contributed by atoms with Gasteiger partial charge in [-0.1, -0.05) is 6.07 Å². The molecule has 3 N–H and O–H groups in total. The maximum atomic E-state index is 10.0. The number of hydrogen-bond donors (Lipinski definition) is 2. The number of aromatic hydroxyl groups is 1. The van der Waals surface area contributed by atoms with Gasteiger partial charge in [0.15, 0.2) is 12.6 Å². The van der Waals surface area contributed by atoms with Crippen LogP contribution in [0.25, 0.3) is 0 Å². The van der Waals surface area contributed by atoms with Crippen LogP contribution in [0.2, 0.25) is 0 Å². The summed E-state index contributed by atoms with van der Waals surface area (Å²) < 4.78 is 0. The molecule has 1 aromatic carbocycles. The summed E-state index contributed by atoms with van der Waals surface area (Å²) in [5.41, 5.74) is 6.87. The highest BCUT2D eigenvalue weighted by atomic mass is 32.1. The van der Waals surface area contributed by atoms with E-state index >= 15 is 0 Å². The lowest BCUT2D eigenvalue weighted by Crippen LogP contribution is -1.85. The molecule has 2 rings (SSSR count). The topological polar surface area (TPSA) is 80.4 Å². The molecule has 5 heteroatoms. The number of hydrogen-bond acceptors (Lipinski definition) is 5. The van der Waals surface area contributed by atoms with Crippen LogP contribution >= 0.6 is 11.3 Å². The highest BCUT2D eigenvalue weighted by molar-refractivity contribution is 7.15. The lowest BCUT2D eigenvalue weighted by molar-refractivity contribution is 0.112. The van der Waals surface area contributed by atoms with Gasteiger partial charge in [0.2, 0.25) is 0 Å². The Morgan fingerprint density at radius 3 is 2.00 bits per heavy atom. The maximum Gasteiger partial charge on any atom is 0.160 e. The Morgan fingerprint density at radius 1 is 1.11 bits per heavy atom. The van der Waals surface area contributed by atoms with E-state index in [0.29, 0.717) is 15.4 Å². The number of nitrogen functional groups attached to an aromatic ring is 1. The van der Waals surface area contributed by atoms with Crippen molar-refractivity contribution in [2.45, 2.75) is 6.92 Å². The predicted molar refractivity (Wildman–Crippen MR) is 72.4 cm³/mol. The molecule has 0 saturated carbocycles. The minimum absolute atomic E-state index is 0.153. The van der Waals surface area contributed by atoms with Crippen molar-refractivity contribution in [3.05, 3.63) is 45.6 Å². The van der Waals surface area contributed by atoms with E-state index in [1.54, 1.807) is 24.3 Å². The summed E-state index contributed by atoms with van der Waals surface area (Å²) in [6.45, 7) is 1.93. The van der Waals surface area contributed by atoms with Crippen molar-refractivity contribution in [2.75, 3.05) is 5.73 Å². The molecule has 0 saturated heterocycles. The van der Waals surface area contributed by atoms with Gasteiger partial charge in [0.1, 0.15) is 5.75 Å². The summed E-state index contributed by atoms with van der Waals surface area (Å²) in [6, 6.07) is 8.38. The summed E-state index contributed by atoms with van der Waals surface area (Å²) in [7, 11) is 0. The molecule has 0 aliphatic rings. The lowest BCUT2D eigenvalue weighted by atomic mass is 10.2. The van der Waals surface area contributed by atoms with Crippen LogP contribution in [0.3, 0.4) is 0 Å². The molecule has 0 bridgehead atoms. The maximum absolute atomic E-state index is 10.0. The second-order valence-corrected chi connectivity index (χ2v) is 4.69.